The molecule has 0 radical (unpaired) electrons. The van der Waals surface area contributed by atoms with Crippen LogP contribution < -0.4 is 16.0 Å². The fourth-order valence-electron chi connectivity index (χ4n) is 2.18. The number of nitrogens with zero attached hydrogens (tertiary/aromatic N) is 1. The number of amides is 3. The summed E-state index contributed by atoms with van der Waals surface area (Å²) in [6.45, 7) is 1.84. The second kappa shape index (κ2) is 9.20. The molecule has 27 heavy (non-hydrogen) atoms. The van der Waals surface area contributed by atoms with Crippen LogP contribution in [0.4, 0.5) is 21.3 Å². The number of thiazole rings is 1. The van der Waals surface area contributed by atoms with Gasteiger partial charge in [0.25, 0.3) is 0 Å². The topological polar surface area (TPSA) is 83.1 Å². The summed E-state index contributed by atoms with van der Waals surface area (Å²) in [4.78, 5) is 29.2. The maximum atomic E-state index is 12.2. The summed E-state index contributed by atoms with van der Waals surface area (Å²) in [5, 5.41) is 10.5. The summed E-state index contributed by atoms with van der Waals surface area (Å²) >= 11 is 2.82. The number of anilines is 3. The third-order valence-electron chi connectivity index (χ3n) is 3.49. The van der Waals surface area contributed by atoms with E-state index in [9.17, 15) is 9.59 Å². The minimum Gasteiger partial charge on any atom is -0.308 e. The summed E-state index contributed by atoms with van der Waals surface area (Å²) in [7, 11) is 0. The Morgan fingerprint density at radius 2 is 1.63 bits per heavy atom. The summed E-state index contributed by atoms with van der Waals surface area (Å²) in [5.74, 6) is -0.0978. The summed E-state index contributed by atoms with van der Waals surface area (Å²) in [6.07, 6.45) is 1.65. The van der Waals surface area contributed by atoms with Crippen molar-refractivity contribution in [3.05, 3.63) is 66.2 Å². The second-order valence-electron chi connectivity index (χ2n) is 5.56. The van der Waals surface area contributed by atoms with E-state index in [4.69, 9.17) is 0 Å². The third-order valence-corrected chi connectivity index (χ3v) is 5.29. The van der Waals surface area contributed by atoms with Gasteiger partial charge in [-0.05, 0) is 43.3 Å². The number of carbonyl (C=O) groups excluding carboxylic acids is 2. The van der Waals surface area contributed by atoms with Gasteiger partial charge in [-0.2, -0.15) is 0 Å². The minimum atomic E-state index is -0.308. The highest BCUT2D eigenvalue weighted by Gasteiger charge is 2.15. The molecule has 2 aromatic carbocycles. The lowest BCUT2D eigenvalue weighted by Gasteiger charge is -2.11. The average Bonchev–Trinajstić information content (AvgIpc) is 3.17. The van der Waals surface area contributed by atoms with Gasteiger partial charge >= 0.3 is 6.03 Å². The number of rotatable bonds is 6. The van der Waals surface area contributed by atoms with E-state index in [0.717, 1.165) is 10.6 Å². The molecule has 0 saturated heterocycles. The lowest BCUT2D eigenvalue weighted by Crippen LogP contribution is -2.22. The van der Waals surface area contributed by atoms with Crippen molar-refractivity contribution < 1.29 is 9.59 Å². The van der Waals surface area contributed by atoms with Gasteiger partial charge in [0, 0.05) is 27.8 Å². The fraction of sp³-hybridized carbons (Fsp3) is 0.105. The first-order valence-electron chi connectivity index (χ1n) is 8.20. The van der Waals surface area contributed by atoms with Gasteiger partial charge in [-0.25, -0.2) is 9.78 Å². The van der Waals surface area contributed by atoms with Gasteiger partial charge < -0.3 is 16.0 Å². The van der Waals surface area contributed by atoms with E-state index in [1.54, 1.807) is 18.3 Å². The molecule has 0 bridgehead atoms. The first kappa shape index (κ1) is 18.9. The maximum absolute atomic E-state index is 12.2. The van der Waals surface area contributed by atoms with E-state index in [1.165, 1.54) is 23.1 Å². The van der Waals surface area contributed by atoms with E-state index < -0.39 is 0 Å². The Hall–Kier alpha value is -2.84. The third kappa shape index (κ3) is 5.83. The zero-order valence-corrected chi connectivity index (χ0v) is 16.1. The Labute approximate surface area is 165 Å². The van der Waals surface area contributed by atoms with Crippen molar-refractivity contribution in [1.29, 1.82) is 0 Å². The monoisotopic (exact) mass is 398 g/mol. The predicted molar refractivity (Wildman–Crippen MR) is 112 cm³/mol. The molecule has 0 aliphatic heterocycles. The quantitative estimate of drug-likeness (QED) is 0.515. The molecule has 0 aliphatic carbocycles. The zero-order chi connectivity index (χ0) is 19.1. The number of benzene rings is 2. The molecule has 3 N–H and O–H groups in total. The van der Waals surface area contributed by atoms with Crippen LogP contribution in [0.3, 0.4) is 0 Å². The Bertz CT molecular complexity index is 884. The fourth-order valence-corrected chi connectivity index (χ4v) is 3.58. The minimum absolute atomic E-state index is 0.0978. The summed E-state index contributed by atoms with van der Waals surface area (Å²) in [5.41, 5.74) is 1.40. The molecule has 1 heterocycles. The number of thioether (sulfide) groups is 1. The Morgan fingerprint density at radius 3 is 2.26 bits per heavy atom. The number of carbonyl (C=O) groups is 2. The summed E-state index contributed by atoms with van der Waals surface area (Å²) in [6, 6.07) is 16.3. The van der Waals surface area contributed by atoms with E-state index in [-0.39, 0.29) is 17.2 Å². The van der Waals surface area contributed by atoms with Gasteiger partial charge in [-0.3, -0.25) is 4.79 Å². The molecule has 138 valence electrons. The van der Waals surface area contributed by atoms with Crippen molar-refractivity contribution in [3.63, 3.8) is 0 Å². The first-order chi connectivity index (χ1) is 13.1. The lowest BCUT2D eigenvalue weighted by atomic mass is 10.3. The highest BCUT2D eigenvalue weighted by atomic mass is 32.2. The van der Waals surface area contributed by atoms with Gasteiger partial charge in [0.05, 0.1) is 5.25 Å². The number of hydrogen-bond acceptors (Lipinski definition) is 5. The zero-order valence-electron chi connectivity index (χ0n) is 14.5. The number of urea groups is 1. The molecule has 3 aromatic rings. The molecule has 3 amide bonds. The molecular formula is C19H18N4O2S2. The number of para-hydroxylation sites is 1. The molecule has 6 nitrogen and oxygen atoms in total. The standard InChI is InChI=1S/C19H18N4O2S2/c1-13(17(24)23-19-20-11-12-26-19)27-16-9-7-15(8-10-16)22-18(25)21-14-5-3-2-4-6-14/h2-13H,1H3,(H,20,23,24)(H2,21,22,25). The molecule has 0 saturated carbocycles. The summed E-state index contributed by atoms with van der Waals surface area (Å²) < 4.78 is 0. The first-order valence-corrected chi connectivity index (χ1v) is 9.96. The van der Waals surface area contributed by atoms with Gasteiger partial charge in [-0.1, -0.05) is 18.2 Å². The Kier molecular flexibility index (Phi) is 6.45. The van der Waals surface area contributed by atoms with Crippen molar-refractivity contribution >= 4 is 51.5 Å². The molecule has 0 aliphatic rings. The molecule has 1 aromatic heterocycles. The highest BCUT2D eigenvalue weighted by Crippen LogP contribution is 2.26. The average molecular weight is 399 g/mol. The van der Waals surface area contributed by atoms with Gasteiger partial charge in [0.1, 0.15) is 0 Å². The molecule has 0 spiro atoms. The predicted octanol–water partition coefficient (Wildman–Crippen LogP) is 4.91. The van der Waals surface area contributed by atoms with E-state index >= 15 is 0 Å². The van der Waals surface area contributed by atoms with Crippen molar-refractivity contribution in [1.82, 2.24) is 4.98 Å². The SMILES string of the molecule is CC(Sc1ccc(NC(=O)Nc2ccccc2)cc1)C(=O)Nc1nccs1. The largest absolute Gasteiger partial charge is 0.323 e. The van der Waals surface area contributed by atoms with Crippen molar-refractivity contribution in [3.8, 4) is 0 Å². The molecule has 0 fully saturated rings. The molecule has 1 unspecified atom stereocenters. The van der Waals surface area contributed by atoms with Gasteiger partial charge in [0.2, 0.25) is 5.91 Å². The molecule has 1 atom stereocenters. The number of nitrogens with one attached hydrogen (secondary N) is 3. The van der Waals surface area contributed by atoms with Crippen LogP contribution in [0.2, 0.25) is 0 Å². The lowest BCUT2D eigenvalue weighted by molar-refractivity contribution is -0.115. The van der Waals surface area contributed by atoms with Crippen molar-refractivity contribution in [2.45, 2.75) is 17.1 Å². The van der Waals surface area contributed by atoms with Crippen LogP contribution in [0.5, 0.6) is 0 Å². The van der Waals surface area contributed by atoms with E-state index in [1.807, 2.05) is 54.8 Å². The van der Waals surface area contributed by atoms with Crippen LogP contribution in [0.15, 0.2) is 71.1 Å². The second-order valence-corrected chi connectivity index (χ2v) is 7.86. The van der Waals surface area contributed by atoms with Crippen molar-refractivity contribution in [2.24, 2.45) is 0 Å². The van der Waals surface area contributed by atoms with Crippen LogP contribution in [0.25, 0.3) is 0 Å². The van der Waals surface area contributed by atoms with E-state index in [0.29, 0.717) is 10.8 Å². The van der Waals surface area contributed by atoms with E-state index in [2.05, 4.69) is 20.9 Å². The highest BCUT2D eigenvalue weighted by molar-refractivity contribution is 8.00. The van der Waals surface area contributed by atoms with Gasteiger partial charge in [-0.15, -0.1) is 23.1 Å². The molecule has 8 heteroatoms. The number of hydrogen-bond donors (Lipinski definition) is 3. The van der Waals surface area contributed by atoms with Crippen LogP contribution >= 0.6 is 23.1 Å². The molecule has 3 rings (SSSR count). The maximum Gasteiger partial charge on any atom is 0.323 e. The van der Waals surface area contributed by atoms with Crippen LogP contribution in [-0.4, -0.2) is 22.2 Å². The Balaban J connectivity index is 1.50. The van der Waals surface area contributed by atoms with Crippen LogP contribution in [0.1, 0.15) is 6.92 Å². The van der Waals surface area contributed by atoms with Gasteiger partial charge in [0.15, 0.2) is 5.13 Å². The smallest absolute Gasteiger partial charge is 0.308 e. The Morgan fingerprint density at radius 1 is 0.963 bits per heavy atom. The number of aromatic nitrogens is 1. The molecular weight excluding hydrogens is 380 g/mol. The van der Waals surface area contributed by atoms with Crippen LogP contribution in [-0.2, 0) is 4.79 Å². The normalized spacial score (nSPS) is 11.4. The van der Waals surface area contributed by atoms with Crippen molar-refractivity contribution in [2.75, 3.05) is 16.0 Å². The van der Waals surface area contributed by atoms with Crippen LogP contribution in [0, 0.1) is 0 Å².